The lowest BCUT2D eigenvalue weighted by atomic mass is 10.2. The number of hydrogen-bond donors (Lipinski definition) is 4. The van der Waals surface area contributed by atoms with Gasteiger partial charge in [-0.3, -0.25) is 9.59 Å². The number of aromatic amines is 1. The summed E-state index contributed by atoms with van der Waals surface area (Å²) in [6.07, 6.45) is 1.68. The topological polar surface area (TPSA) is 135 Å². The second-order valence-electron chi connectivity index (χ2n) is 5.26. The number of fused-ring (bicyclic) bond motifs is 1. The number of nitrogens with one attached hydrogen (secondary N) is 3. The molecular formula is C16H15ClN6O3. The van der Waals surface area contributed by atoms with Crippen LogP contribution in [0, 0.1) is 0 Å². The zero-order valence-electron chi connectivity index (χ0n) is 13.7. The fourth-order valence-electron chi connectivity index (χ4n) is 2.28. The zero-order valence-corrected chi connectivity index (χ0v) is 14.4. The maximum absolute atomic E-state index is 11.7. The van der Waals surface area contributed by atoms with Gasteiger partial charge >= 0.3 is 0 Å². The molecule has 134 valence electrons. The minimum absolute atomic E-state index is 0.00756. The van der Waals surface area contributed by atoms with Crippen LogP contribution in [0.15, 0.2) is 30.5 Å². The normalized spacial score (nSPS) is 10.5. The van der Waals surface area contributed by atoms with E-state index in [0.29, 0.717) is 33.2 Å². The quantitative estimate of drug-likeness (QED) is 0.517. The first kappa shape index (κ1) is 17.5. The number of aromatic nitrogens is 3. The van der Waals surface area contributed by atoms with Gasteiger partial charge in [0.05, 0.1) is 10.7 Å². The van der Waals surface area contributed by atoms with Crippen molar-refractivity contribution in [3.05, 3.63) is 41.2 Å². The molecule has 0 saturated carbocycles. The minimum atomic E-state index is -0.709. The molecule has 0 spiro atoms. The molecule has 2 amide bonds. The molecule has 10 heteroatoms. The highest BCUT2D eigenvalue weighted by atomic mass is 35.5. The maximum atomic E-state index is 11.7. The first-order valence-corrected chi connectivity index (χ1v) is 7.91. The number of anilines is 2. The van der Waals surface area contributed by atoms with E-state index >= 15 is 0 Å². The molecule has 9 nitrogen and oxygen atoms in total. The molecular weight excluding hydrogens is 360 g/mol. The van der Waals surface area contributed by atoms with Crippen LogP contribution in [0.4, 0.5) is 11.4 Å². The van der Waals surface area contributed by atoms with Gasteiger partial charge in [-0.15, -0.1) is 10.2 Å². The fourth-order valence-corrected chi connectivity index (χ4v) is 2.51. The van der Waals surface area contributed by atoms with Crippen molar-refractivity contribution in [1.29, 1.82) is 0 Å². The summed E-state index contributed by atoms with van der Waals surface area (Å²) in [5, 5.41) is 14.3. The lowest BCUT2D eigenvalue weighted by Gasteiger charge is -2.12. The third kappa shape index (κ3) is 3.52. The Bertz CT molecular complexity index is 987. The van der Waals surface area contributed by atoms with Crippen molar-refractivity contribution in [2.45, 2.75) is 0 Å². The highest BCUT2D eigenvalue weighted by molar-refractivity contribution is 6.32. The van der Waals surface area contributed by atoms with Crippen LogP contribution in [0.1, 0.15) is 10.5 Å². The van der Waals surface area contributed by atoms with Gasteiger partial charge in [-0.05, 0) is 24.3 Å². The first-order valence-electron chi connectivity index (χ1n) is 7.53. The van der Waals surface area contributed by atoms with Gasteiger partial charge in [0.15, 0.2) is 17.9 Å². The number of nitrogens with zero attached hydrogens (tertiary/aromatic N) is 2. The Hall–Kier alpha value is -3.33. The van der Waals surface area contributed by atoms with Crippen LogP contribution in [0.25, 0.3) is 11.0 Å². The number of H-pyrrole nitrogens is 1. The highest BCUT2D eigenvalue weighted by Crippen LogP contribution is 2.32. The molecule has 0 saturated heterocycles. The van der Waals surface area contributed by atoms with Crippen LogP contribution in [0.3, 0.4) is 0 Å². The number of nitrogens with two attached hydrogens (primary N) is 1. The number of carbonyl (C=O) groups is 2. The van der Waals surface area contributed by atoms with Gasteiger partial charge in [0, 0.05) is 24.3 Å². The number of ether oxygens (including phenoxy) is 1. The molecule has 0 atom stereocenters. The van der Waals surface area contributed by atoms with Crippen LogP contribution in [-0.2, 0) is 4.79 Å². The van der Waals surface area contributed by atoms with E-state index in [1.807, 2.05) is 0 Å². The Morgan fingerprint density at radius 2 is 2.12 bits per heavy atom. The van der Waals surface area contributed by atoms with Crippen molar-refractivity contribution < 1.29 is 14.3 Å². The molecule has 26 heavy (non-hydrogen) atoms. The van der Waals surface area contributed by atoms with E-state index < -0.39 is 5.91 Å². The molecule has 0 aliphatic rings. The van der Waals surface area contributed by atoms with Crippen LogP contribution in [-0.4, -0.2) is 40.7 Å². The SMILES string of the molecule is CNC(=O)COc1ccc(Nc2c(C(N)=O)nnc3[nH]ccc23)cc1Cl. The molecule has 3 rings (SSSR count). The smallest absolute Gasteiger partial charge is 0.271 e. The van der Waals surface area contributed by atoms with Gasteiger partial charge in [0.1, 0.15) is 5.75 Å². The van der Waals surface area contributed by atoms with Crippen LogP contribution < -0.4 is 21.1 Å². The van der Waals surface area contributed by atoms with E-state index in [1.54, 1.807) is 30.5 Å². The average molecular weight is 375 g/mol. The molecule has 2 aromatic heterocycles. The van der Waals surface area contributed by atoms with Gasteiger partial charge in [-0.1, -0.05) is 11.6 Å². The molecule has 0 bridgehead atoms. The van der Waals surface area contributed by atoms with Gasteiger partial charge in [0.25, 0.3) is 11.8 Å². The van der Waals surface area contributed by atoms with Crippen molar-refractivity contribution in [1.82, 2.24) is 20.5 Å². The molecule has 5 N–H and O–H groups in total. The summed E-state index contributed by atoms with van der Waals surface area (Å²) in [6, 6.07) is 6.65. The summed E-state index contributed by atoms with van der Waals surface area (Å²) in [5.41, 5.74) is 6.90. The molecule has 0 fully saturated rings. The van der Waals surface area contributed by atoms with Crippen LogP contribution >= 0.6 is 11.6 Å². The van der Waals surface area contributed by atoms with E-state index in [-0.39, 0.29) is 18.2 Å². The molecule has 1 aromatic carbocycles. The number of likely N-dealkylation sites (N-methyl/N-ethyl adjacent to an activating group) is 1. The summed E-state index contributed by atoms with van der Waals surface area (Å²) in [6.45, 7) is -0.146. The summed E-state index contributed by atoms with van der Waals surface area (Å²) < 4.78 is 5.34. The Balaban J connectivity index is 1.90. The monoisotopic (exact) mass is 374 g/mol. The standard InChI is InChI=1S/C16H15ClN6O3/c1-19-12(24)7-26-11-3-2-8(6-10(11)17)21-13-9-4-5-20-16(9)23-22-14(13)15(18)25/h2-6H,7H2,1H3,(H2,18,25)(H,19,24)(H2,20,21,23). The van der Waals surface area contributed by atoms with E-state index in [0.717, 1.165) is 0 Å². The second kappa shape index (κ2) is 7.28. The largest absolute Gasteiger partial charge is 0.482 e. The lowest BCUT2D eigenvalue weighted by molar-refractivity contribution is -0.122. The third-order valence-corrected chi connectivity index (χ3v) is 3.85. The molecule has 0 radical (unpaired) electrons. The Labute approximate surface area is 152 Å². The average Bonchev–Trinajstić information content (AvgIpc) is 3.10. The summed E-state index contributed by atoms with van der Waals surface area (Å²) in [4.78, 5) is 25.8. The number of halogens is 1. The predicted molar refractivity (Wildman–Crippen MR) is 96.7 cm³/mol. The molecule has 0 unspecified atom stereocenters. The van der Waals surface area contributed by atoms with Gasteiger partial charge in [0.2, 0.25) is 0 Å². The molecule has 3 aromatic rings. The molecule has 0 aliphatic heterocycles. The van der Waals surface area contributed by atoms with Crippen LogP contribution in [0.5, 0.6) is 5.75 Å². The maximum Gasteiger partial charge on any atom is 0.271 e. The van der Waals surface area contributed by atoms with Crippen molar-refractivity contribution in [3.8, 4) is 5.75 Å². The number of benzene rings is 1. The summed E-state index contributed by atoms with van der Waals surface area (Å²) in [7, 11) is 1.52. The number of carbonyl (C=O) groups excluding carboxylic acids is 2. The number of hydrogen-bond acceptors (Lipinski definition) is 6. The van der Waals surface area contributed by atoms with E-state index in [1.165, 1.54) is 7.05 Å². The number of rotatable bonds is 6. The van der Waals surface area contributed by atoms with Crippen molar-refractivity contribution >= 4 is 45.8 Å². The van der Waals surface area contributed by atoms with Crippen molar-refractivity contribution in [3.63, 3.8) is 0 Å². The van der Waals surface area contributed by atoms with Gasteiger partial charge < -0.3 is 26.1 Å². The predicted octanol–water partition coefficient (Wildman–Crippen LogP) is 1.58. The molecule has 2 heterocycles. The lowest BCUT2D eigenvalue weighted by Crippen LogP contribution is -2.24. The van der Waals surface area contributed by atoms with Crippen molar-refractivity contribution in [2.24, 2.45) is 5.73 Å². The molecule has 0 aliphatic carbocycles. The van der Waals surface area contributed by atoms with Gasteiger partial charge in [-0.25, -0.2) is 0 Å². The summed E-state index contributed by atoms with van der Waals surface area (Å²) >= 11 is 6.20. The second-order valence-corrected chi connectivity index (χ2v) is 5.67. The van der Waals surface area contributed by atoms with Crippen molar-refractivity contribution in [2.75, 3.05) is 19.0 Å². The Morgan fingerprint density at radius 1 is 1.31 bits per heavy atom. The minimum Gasteiger partial charge on any atom is -0.482 e. The van der Waals surface area contributed by atoms with E-state index in [4.69, 9.17) is 22.1 Å². The number of amides is 2. The number of primary amides is 1. The summed E-state index contributed by atoms with van der Waals surface area (Å²) in [5.74, 6) is -0.623. The Morgan fingerprint density at radius 3 is 2.81 bits per heavy atom. The zero-order chi connectivity index (χ0) is 18.7. The van der Waals surface area contributed by atoms with E-state index in [9.17, 15) is 9.59 Å². The van der Waals surface area contributed by atoms with Gasteiger partial charge in [-0.2, -0.15) is 0 Å². The Kier molecular flexibility index (Phi) is 4.90. The van der Waals surface area contributed by atoms with E-state index in [2.05, 4.69) is 25.8 Å². The van der Waals surface area contributed by atoms with Crippen LogP contribution in [0.2, 0.25) is 5.02 Å². The third-order valence-electron chi connectivity index (χ3n) is 3.55. The fraction of sp³-hybridized carbons (Fsp3) is 0.125. The highest BCUT2D eigenvalue weighted by Gasteiger charge is 2.16. The first-order chi connectivity index (χ1) is 12.5.